The average molecular weight is 412 g/mol. The van der Waals surface area contributed by atoms with Crippen LogP contribution in [0.25, 0.3) is 22.4 Å². The van der Waals surface area contributed by atoms with E-state index >= 15 is 0 Å². The summed E-state index contributed by atoms with van der Waals surface area (Å²) >= 11 is 6.17. The zero-order valence-electron chi connectivity index (χ0n) is 17.4. The zero-order chi connectivity index (χ0) is 20.2. The van der Waals surface area contributed by atoms with Gasteiger partial charge in [0, 0.05) is 10.6 Å². The molecule has 3 aromatic rings. The van der Waals surface area contributed by atoms with Gasteiger partial charge in [0.2, 0.25) is 0 Å². The Morgan fingerprint density at radius 2 is 2.00 bits per heavy atom. The number of hydrogen-bond donors (Lipinski definition) is 1. The fourth-order valence-corrected chi connectivity index (χ4v) is 4.46. The third-order valence-corrected chi connectivity index (χ3v) is 6.19. The number of aromatic amines is 1. The summed E-state index contributed by atoms with van der Waals surface area (Å²) < 4.78 is 6.02. The van der Waals surface area contributed by atoms with Crippen molar-refractivity contribution in [2.24, 2.45) is 5.92 Å². The highest BCUT2D eigenvalue weighted by Crippen LogP contribution is 2.28. The summed E-state index contributed by atoms with van der Waals surface area (Å²) in [6.45, 7) is 5.31. The summed E-state index contributed by atoms with van der Waals surface area (Å²) in [6, 6.07) is 12.0. The summed E-state index contributed by atoms with van der Waals surface area (Å²) in [5.74, 6) is 2.65. The molecular formula is C24H30ClN3O. The maximum atomic E-state index is 6.17. The van der Waals surface area contributed by atoms with Gasteiger partial charge in [-0.3, -0.25) is 0 Å². The van der Waals surface area contributed by atoms with Crippen LogP contribution in [0.4, 0.5) is 0 Å². The van der Waals surface area contributed by atoms with Crippen molar-refractivity contribution in [3.05, 3.63) is 47.0 Å². The normalized spacial score (nSPS) is 15.8. The molecule has 0 radical (unpaired) electrons. The summed E-state index contributed by atoms with van der Waals surface area (Å²) in [6.07, 6.45) is 6.39. The number of fused-ring (bicyclic) bond motifs is 1. The number of aromatic nitrogens is 2. The maximum Gasteiger partial charge on any atom is 0.138 e. The van der Waals surface area contributed by atoms with Gasteiger partial charge in [-0.1, -0.05) is 30.2 Å². The van der Waals surface area contributed by atoms with Crippen LogP contribution in [0.1, 0.15) is 37.7 Å². The quantitative estimate of drug-likeness (QED) is 0.479. The number of hydrogen-bond acceptors (Lipinski definition) is 3. The van der Waals surface area contributed by atoms with Crippen LogP contribution in [-0.2, 0) is 0 Å². The minimum Gasteiger partial charge on any atom is -0.494 e. The first-order chi connectivity index (χ1) is 14.1. The smallest absolute Gasteiger partial charge is 0.138 e. The number of benzene rings is 2. The topological polar surface area (TPSA) is 41.1 Å². The number of H-pyrrole nitrogens is 1. The lowest BCUT2D eigenvalue weighted by molar-refractivity contribution is 0.206. The molecule has 1 aliphatic heterocycles. The van der Waals surface area contributed by atoms with Gasteiger partial charge in [0.1, 0.15) is 11.6 Å². The van der Waals surface area contributed by atoms with Crippen LogP contribution < -0.4 is 4.74 Å². The van der Waals surface area contributed by atoms with Crippen LogP contribution in [0.15, 0.2) is 36.4 Å². The van der Waals surface area contributed by atoms with Crippen molar-refractivity contribution in [2.75, 3.05) is 26.7 Å². The lowest BCUT2D eigenvalue weighted by atomic mass is 9.92. The van der Waals surface area contributed by atoms with Gasteiger partial charge >= 0.3 is 0 Å². The Morgan fingerprint density at radius 1 is 1.17 bits per heavy atom. The number of aryl methyl sites for hydroxylation is 1. The predicted octanol–water partition coefficient (Wildman–Crippen LogP) is 6.08. The van der Waals surface area contributed by atoms with Crippen LogP contribution in [0.2, 0.25) is 5.02 Å². The molecule has 0 atom stereocenters. The Balaban J connectivity index is 1.31. The number of nitrogens with zero attached hydrogens (tertiary/aromatic N) is 2. The predicted molar refractivity (Wildman–Crippen MR) is 121 cm³/mol. The molecule has 1 fully saturated rings. The highest BCUT2D eigenvalue weighted by atomic mass is 35.5. The second-order valence-electron chi connectivity index (χ2n) is 8.32. The molecule has 4 rings (SSSR count). The maximum absolute atomic E-state index is 6.17. The molecule has 1 aromatic heterocycles. The molecule has 29 heavy (non-hydrogen) atoms. The second-order valence-corrected chi connectivity index (χ2v) is 8.76. The average Bonchev–Trinajstić information content (AvgIpc) is 3.14. The number of imidazole rings is 1. The molecule has 0 aliphatic carbocycles. The number of piperidine rings is 1. The highest BCUT2D eigenvalue weighted by Gasteiger charge is 2.16. The lowest BCUT2D eigenvalue weighted by Crippen LogP contribution is -2.30. The van der Waals surface area contributed by atoms with Crippen molar-refractivity contribution in [3.63, 3.8) is 0 Å². The summed E-state index contributed by atoms with van der Waals surface area (Å²) in [5, 5.41) is 0.713. The number of likely N-dealkylation sites (tertiary alicyclic amines) is 1. The van der Waals surface area contributed by atoms with Gasteiger partial charge in [-0.15, -0.1) is 0 Å². The Morgan fingerprint density at radius 3 is 2.83 bits per heavy atom. The largest absolute Gasteiger partial charge is 0.494 e. The van der Waals surface area contributed by atoms with Gasteiger partial charge in [0.25, 0.3) is 0 Å². The number of halogens is 1. The van der Waals surface area contributed by atoms with E-state index in [1.807, 2.05) is 31.2 Å². The molecule has 1 aliphatic rings. The van der Waals surface area contributed by atoms with E-state index in [0.29, 0.717) is 5.02 Å². The summed E-state index contributed by atoms with van der Waals surface area (Å²) in [4.78, 5) is 10.6. The number of unbranched alkanes of at least 4 members (excludes halogenated alkanes) is 1. The van der Waals surface area contributed by atoms with Gasteiger partial charge in [-0.25, -0.2) is 4.98 Å². The first-order valence-corrected chi connectivity index (χ1v) is 11.0. The fraction of sp³-hybridized carbons (Fsp3) is 0.458. The third kappa shape index (κ3) is 5.12. The third-order valence-electron chi connectivity index (χ3n) is 5.98. The van der Waals surface area contributed by atoms with Crippen LogP contribution in [-0.4, -0.2) is 41.6 Å². The summed E-state index contributed by atoms with van der Waals surface area (Å²) in [5.41, 5.74) is 4.05. The lowest BCUT2D eigenvalue weighted by Gasteiger charge is -2.28. The van der Waals surface area contributed by atoms with Crippen molar-refractivity contribution >= 4 is 22.6 Å². The van der Waals surface area contributed by atoms with E-state index in [1.165, 1.54) is 38.8 Å². The van der Waals surface area contributed by atoms with Crippen LogP contribution in [0, 0.1) is 12.8 Å². The van der Waals surface area contributed by atoms with Crippen LogP contribution >= 0.6 is 11.6 Å². The first-order valence-electron chi connectivity index (χ1n) is 10.7. The van der Waals surface area contributed by atoms with Crippen LogP contribution in [0.3, 0.4) is 0 Å². The van der Waals surface area contributed by atoms with E-state index in [-0.39, 0.29) is 0 Å². The fourth-order valence-electron chi connectivity index (χ4n) is 4.19. The Bertz CT molecular complexity index is 960. The van der Waals surface area contributed by atoms with Crippen molar-refractivity contribution in [3.8, 4) is 17.1 Å². The Hall–Kier alpha value is -2.04. The van der Waals surface area contributed by atoms with Gasteiger partial charge < -0.3 is 14.6 Å². The van der Waals surface area contributed by atoms with Gasteiger partial charge in [0.15, 0.2) is 0 Å². The molecule has 154 valence electrons. The van der Waals surface area contributed by atoms with Gasteiger partial charge in [0.05, 0.1) is 17.6 Å². The van der Waals surface area contributed by atoms with Gasteiger partial charge in [-0.2, -0.15) is 0 Å². The van der Waals surface area contributed by atoms with E-state index in [9.17, 15) is 0 Å². The monoisotopic (exact) mass is 411 g/mol. The first kappa shape index (κ1) is 20.2. The number of nitrogens with one attached hydrogen (secondary N) is 1. The molecule has 1 saturated heterocycles. The second kappa shape index (κ2) is 9.19. The van der Waals surface area contributed by atoms with Crippen LogP contribution in [0.5, 0.6) is 5.75 Å². The molecular weight excluding hydrogens is 382 g/mol. The molecule has 4 nitrogen and oxygen atoms in total. The summed E-state index contributed by atoms with van der Waals surface area (Å²) in [7, 11) is 2.22. The van der Waals surface area contributed by atoms with E-state index in [0.717, 1.165) is 52.7 Å². The standard InChI is InChI=1S/C24H30ClN3O/c1-17-14-20(25)16-22-23(17)27-24(26-22)19-7-5-8-21(15-19)29-13-4-3-6-18-9-11-28(2)12-10-18/h5,7-8,14-16,18H,3-4,6,9-13H2,1-2H3,(H,26,27). The minimum absolute atomic E-state index is 0.713. The van der Waals surface area contributed by atoms with E-state index in [4.69, 9.17) is 21.3 Å². The molecule has 2 heterocycles. The van der Waals surface area contributed by atoms with E-state index < -0.39 is 0 Å². The molecule has 0 unspecified atom stereocenters. The molecule has 2 aromatic carbocycles. The zero-order valence-corrected chi connectivity index (χ0v) is 18.1. The molecule has 0 amide bonds. The minimum atomic E-state index is 0.713. The van der Waals surface area contributed by atoms with E-state index in [1.54, 1.807) is 0 Å². The molecule has 1 N–H and O–H groups in total. The van der Waals surface area contributed by atoms with Gasteiger partial charge in [-0.05, 0) is 88.5 Å². The highest BCUT2D eigenvalue weighted by molar-refractivity contribution is 6.31. The SMILES string of the molecule is Cc1cc(Cl)cc2nc(-c3cccc(OCCCCC4CCN(C)CC4)c3)[nH]c12. The number of rotatable bonds is 7. The van der Waals surface area contributed by atoms with Crippen molar-refractivity contribution < 1.29 is 4.74 Å². The Kier molecular flexibility index (Phi) is 6.41. The van der Waals surface area contributed by atoms with Crippen molar-refractivity contribution in [1.29, 1.82) is 0 Å². The molecule has 0 bridgehead atoms. The van der Waals surface area contributed by atoms with Crippen molar-refractivity contribution in [1.82, 2.24) is 14.9 Å². The number of ether oxygens (including phenoxy) is 1. The molecule has 5 heteroatoms. The van der Waals surface area contributed by atoms with Crippen molar-refractivity contribution in [2.45, 2.75) is 39.0 Å². The molecule has 0 saturated carbocycles. The Labute approximate surface area is 178 Å². The van der Waals surface area contributed by atoms with E-state index in [2.05, 4.69) is 29.1 Å². The molecule has 0 spiro atoms.